The van der Waals surface area contributed by atoms with Gasteiger partial charge in [0.25, 0.3) is 5.91 Å². The number of nitrogens with one attached hydrogen (secondary N) is 2. The highest BCUT2D eigenvalue weighted by atomic mass is 16.4. The van der Waals surface area contributed by atoms with Gasteiger partial charge in [-0.25, -0.2) is 4.79 Å². The Labute approximate surface area is 163 Å². The Morgan fingerprint density at radius 3 is 2.46 bits per heavy atom. The van der Waals surface area contributed by atoms with Crippen LogP contribution in [0.2, 0.25) is 0 Å². The molecule has 2 aromatic carbocycles. The van der Waals surface area contributed by atoms with Gasteiger partial charge in [-0.1, -0.05) is 38.1 Å². The first-order chi connectivity index (χ1) is 13.4. The number of hydrogen-bond donors (Lipinski definition) is 3. The fourth-order valence-electron chi connectivity index (χ4n) is 3.97. The van der Waals surface area contributed by atoms with Gasteiger partial charge in [-0.2, -0.15) is 5.10 Å². The van der Waals surface area contributed by atoms with E-state index in [0.717, 1.165) is 34.1 Å². The number of hydrogen-bond acceptors (Lipinski definition) is 3. The molecule has 0 radical (unpaired) electrons. The number of fused-ring (bicyclic) bond motifs is 2. The summed E-state index contributed by atoms with van der Waals surface area (Å²) in [5.41, 5.74) is 2.85. The van der Waals surface area contributed by atoms with E-state index >= 15 is 0 Å². The third kappa shape index (κ3) is 3.15. The molecule has 1 aliphatic carbocycles. The maximum atomic E-state index is 13.0. The Morgan fingerprint density at radius 2 is 1.86 bits per heavy atom. The number of carbonyl (C=O) groups excluding carboxylic acids is 1. The van der Waals surface area contributed by atoms with E-state index in [1.807, 2.05) is 24.3 Å². The Morgan fingerprint density at radius 1 is 1.18 bits per heavy atom. The molecule has 1 aromatic heterocycles. The summed E-state index contributed by atoms with van der Waals surface area (Å²) < 4.78 is 0. The quantitative estimate of drug-likeness (QED) is 0.637. The molecule has 3 aromatic rings. The Hall–Kier alpha value is -3.15. The molecule has 1 heterocycles. The van der Waals surface area contributed by atoms with Crippen molar-refractivity contribution in [3.05, 3.63) is 64.8 Å². The van der Waals surface area contributed by atoms with E-state index < -0.39 is 11.5 Å². The first-order valence-electron chi connectivity index (χ1n) is 9.48. The van der Waals surface area contributed by atoms with Gasteiger partial charge in [0.2, 0.25) is 0 Å². The van der Waals surface area contributed by atoms with Crippen LogP contribution in [0.5, 0.6) is 0 Å². The lowest BCUT2D eigenvalue weighted by Crippen LogP contribution is -2.55. The van der Waals surface area contributed by atoms with Crippen LogP contribution in [0.3, 0.4) is 0 Å². The number of H-pyrrole nitrogens is 1. The summed E-state index contributed by atoms with van der Waals surface area (Å²) in [5.74, 6) is -0.941. The van der Waals surface area contributed by atoms with Gasteiger partial charge in [-0.15, -0.1) is 0 Å². The van der Waals surface area contributed by atoms with Crippen LogP contribution in [0.1, 0.15) is 41.0 Å². The van der Waals surface area contributed by atoms with Gasteiger partial charge in [-0.05, 0) is 41.7 Å². The lowest BCUT2D eigenvalue weighted by molar-refractivity contribution is -0.144. The number of benzene rings is 2. The second-order valence-electron chi connectivity index (χ2n) is 8.00. The van der Waals surface area contributed by atoms with Crippen molar-refractivity contribution in [3.63, 3.8) is 0 Å². The van der Waals surface area contributed by atoms with Crippen molar-refractivity contribution < 1.29 is 14.7 Å². The van der Waals surface area contributed by atoms with E-state index in [1.165, 1.54) is 0 Å². The molecule has 0 fully saturated rings. The standard InChI is InChI=1S/C22H23N3O3/c1-13(2)9-19-17-10-14(7-8-18(17)24-25-19)20(26)23-22(21(27)28)11-15-5-3-4-6-16(15)12-22/h3-8,10,13H,9,11-12H2,1-2H3,(H,23,26)(H,24,25)(H,27,28). The molecule has 3 N–H and O–H groups in total. The molecule has 0 aliphatic heterocycles. The Kier molecular flexibility index (Phi) is 4.41. The van der Waals surface area contributed by atoms with Gasteiger partial charge in [0, 0.05) is 29.5 Å². The van der Waals surface area contributed by atoms with Crippen molar-refractivity contribution in [2.45, 2.75) is 38.6 Å². The minimum absolute atomic E-state index is 0.288. The molecule has 4 rings (SSSR count). The van der Waals surface area contributed by atoms with Crippen molar-refractivity contribution in [2.75, 3.05) is 0 Å². The summed E-state index contributed by atoms with van der Waals surface area (Å²) in [7, 11) is 0. The van der Waals surface area contributed by atoms with Gasteiger partial charge in [0.15, 0.2) is 0 Å². The topological polar surface area (TPSA) is 95.1 Å². The summed E-state index contributed by atoms with van der Waals surface area (Å²) in [6, 6.07) is 12.9. The molecule has 6 heteroatoms. The highest BCUT2D eigenvalue weighted by Gasteiger charge is 2.45. The third-order valence-corrected chi connectivity index (χ3v) is 5.37. The molecule has 0 saturated carbocycles. The molecular weight excluding hydrogens is 354 g/mol. The number of aliphatic carboxylic acids is 1. The summed E-state index contributed by atoms with van der Waals surface area (Å²) in [5, 5.41) is 20.9. The molecule has 0 spiro atoms. The molecule has 1 amide bonds. The first-order valence-corrected chi connectivity index (χ1v) is 9.48. The molecule has 1 aliphatic rings. The Balaban J connectivity index is 1.63. The number of carboxylic acid groups (broad SMARTS) is 1. The number of carbonyl (C=O) groups is 2. The van der Waals surface area contributed by atoms with Gasteiger partial charge in [0.05, 0.1) is 5.52 Å². The Bertz CT molecular complexity index is 1040. The second-order valence-corrected chi connectivity index (χ2v) is 8.00. The number of aromatic nitrogens is 2. The molecule has 28 heavy (non-hydrogen) atoms. The first kappa shape index (κ1) is 18.2. The third-order valence-electron chi connectivity index (χ3n) is 5.37. The van der Waals surface area contributed by atoms with Crippen LogP contribution in [0.25, 0.3) is 10.9 Å². The van der Waals surface area contributed by atoms with E-state index in [0.29, 0.717) is 11.5 Å². The van der Waals surface area contributed by atoms with E-state index in [9.17, 15) is 14.7 Å². The zero-order valence-electron chi connectivity index (χ0n) is 16.0. The number of nitrogens with zero attached hydrogens (tertiary/aromatic N) is 1. The van der Waals surface area contributed by atoms with E-state index in [4.69, 9.17) is 0 Å². The zero-order valence-corrected chi connectivity index (χ0v) is 16.0. The van der Waals surface area contributed by atoms with E-state index in [2.05, 4.69) is 29.4 Å². The number of carboxylic acids is 1. The van der Waals surface area contributed by atoms with Crippen LogP contribution < -0.4 is 5.32 Å². The van der Waals surface area contributed by atoms with Crippen molar-refractivity contribution in [3.8, 4) is 0 Å². The van der Waals surface area contributed by atoms with E-state index in [-0.39, 0.29) is 18.7 Å². The highest BCUT2D eigenvalue weighted by molar-refractivity contribution is 6.01. The molecule has 0 saturated heterocycles. The fourth-order valence-corrected chi connectivity index (χ4v) is 3.97. The summed E-state index contributed by atoms with van der Waals surface area (Å²) in [4.78, 5) is 25.0. The van der Waals surface area contributed by atoms with Crippen LogP contribution in [-0.2, 0) is 24.1 Å². The molecule has 0 unspecified atom stereocenters. The minimum atomic E-state index is -1.31. The maximum absolute atomic E-state index is 13.0. The highest BCUT2D eigenvalue weighted by Crippen LogP contribution is 2.31. The molecule has 144 valence electrons. The van der Waals surface area contributed by atoms with Gasteiger partial charge < -0.3 is 10.4 Å². The average Bonchev–Trinajstić information content (AvgIpc) is 3.22. The van der Waals surface area contributed by atoms with Crippen molar-refractivity contribution in [1.82, 2.24) is 15.5 Å². The monoisotopic (exact) mass is 377 g/mol. The minimum Gasteiger partial charge on any atom is -0.479 e. The van der Waals surface area contributed by atoms with Crippen molar-refractivity contribution in [1.29, 1.82) is 0 Å². The predicted molar refractivity (Wildman–Crippen MR) is 106 cm³/mol. The predicted octanol–water partition coefficient (Wildman–Crippen LogP) is 3.11. The number of amides is 1. The molecule has 0 atom stereocenters. The van der Waals surface area contributed by atoms with Gasteiger partial charge in [-0.3, -0.25) is 9.89 Å². The summed E-state index contributed by atoms with van der Waals surface area (Å²) in [6.45, 7) is 4.25. The fraction of sp³-hybridized carbons (Fsp3) is 0.318. The summed E-state index contributed by atoms with van der Waals surface area (Å²) >= 11 is 0. The van der Waals surface area contributed by atoms with Crippen molar-refractivity contribution in [2.24, 2.45) is 5.92 Å². The largest absolute Gasteiger partial charge is 0.479 e. The van der Waals surface area contributed by atoms with E-state index in [1.54, 1.807) is 18.2 Å². The van der Waals surface area contributed by atoms with Crippen LogP contribution in [0.4, 0.5) is 0 Å². The van der Waals surface area contributed by atoms with Gasteiger partial charge >= 0.3 is 5.97 Å². The van der Waals surface area contributed by atoms with Crippen LogP contribution >= 0.6 is 0 Å². The van der Waals surface area contributed by atoms with Crippen LogP contribution in [0, 0.1) is 5.92 Å². The van der Waals surface area contributed by atoms with Crippen LogP contribution in [-0.4, -0.2) is 32.7 Å². The maximum Gasteiger partial charge on any atom is 0.330 e. The smallest absolute Gasteiger partial charge is 0.330 e. The van der Waals surface area contributed by atoms with Crippen LogP contribution in [0.15, 0.2) is 42.5 Å². The normalized spacial score (nSPS) is 15.0. The number of rotatable bonds is 5. The van der Waals surface area contributed by atoms with Crippen molar-refractivity contribution >= 4 is 22.8 Å². The SMILES string of the molecule is CC(C)Cc1[nH]nc2ccc(C(=O)NC3(C(=O)O)Cc4ccccc4C3)cc12. The number of aromatic amines is 1. The zero-order chi connectivity index (χ0) is 19.9. The lowest BCUT2D eigenvalue weighted by Gasteiger charge is -2.25. The average molecular weight is 377 g/mol. The van der Waals surface area contributed by atoms with Gasteiger partial charge in [0.1, 0.15) is 5.54 Å². The molecule has 6 nitrogen and oxygen atoms in total. The molecule has 0 bridgehead atoms. The lowest BCUT2D eigenvalue weighted by atomic mass is 9.95. The summed E-state index contributed by atoms with van der Waals surface area (Å²) in [6.07, 6.45) is 1.41. The second kappa shape index (κ2) is 6.78. The molecular formula is C22H23N3O3.